The van der Waals surface area contributed by atoms with Gasteiger partial charge >= 0.3 is 10.9 Å². The highest BCUT2D eigenvalue weighted by atomic mass is 35.5. The maximum atomic E-state index is 10.3. The molecular formula is C4H7ClN2O3. The summed E-state index contributed by atoms with van der Waals surface area (Å²) in [5.74, 6) is -1.12. The Hall–Kier alpha value is -0.840. The van der Waals surface area contributed by atoms with Crippen LogP contribution in [0.1, 0.15) is 13.3 Å². The highest BCUT2D eigenvalue weighted by Gasteiger charge is 2.45. The molecule has 0 aromatic rings. The zero-order valence-corrected chi connectivity index (χ0v) is 6.09. The molecule has 0 aromatic carbocycles. The lowest BCUT2D eigenvalue weighted by Crippen LogP contribution is -2.44. The van der Waals surface area contributed by atoms with Crippen molar-refractivity contribution in [3.63, 3.8) is 0 Å². The molecule has 10 heavy (non-hydrogen) atoms. The predicted molar refractivity (Wildman–Crippen MR) is 35.1 cm³/mol. The lowest BCUT2D eigenvalue weighted by atomic mass is 10.2. The molecule has 58 valence electrons. The smallest absolute Gasteiger partial charge is 0.362 e. The molecule has 1 atom stereocenters. The maximum Gasteiger partial charge on any atom is 0.371 e. The number of nitrogens with two attached hydrogens (primary N) is 1. The molecule has 0 aromatic heterocycles. The van der Waals surface area contributed by atoms with Crippen LogP contribution in [0.25, 0.3) is 0 Å². The highest BCUT2D eigenvalue weighted by molar-refractivity contribution is 6.33. The fraction of sp³-hybridized carbons (Fsp3) is 0.750. The largest absolute Gasteiger partial charge is 0.371 e. The average Bonchev–Trinajstić information content (AvgIpc) is 1.85. The minimum atomic E-state index is -2.12. The Bertz CT molecular complexity index is 156. The van der Waals surface area contributed by atoms with Crippen LogP contribution in [-0.2, 0) is 4.79 Å². The van der Waals surface area contributed by atoms with Gasteiger partial charge in [-0.1, -0.05) is 6.92 Å². The molecule has 0 radical (unpaired) electrons. The third kappa shape index (κ3) is 1.36. The number of amides is 1. The van der Waals surface area contributed by atoms with Gasteiger partial charge in [0.25, 0.3) is 0 Å². The van der Waals surface area contributed by atoms with Crippen molar-refractivity contribution in [2.75, 3.05) is 0 Å². The first-order chi connectivity index (χ1) is 4.45. The molecule has 0 aliphatic rings. The first-order valence-corrected chi connectivity index (χ1v) is 2.96. The van der Waals surface area contributed by atoms with Crippen molar-refractivity contribution >= 4 is 17.5 Å². The minimum absolute atomic E-state index is 0.114. The molecule has 6 heteroatoms. The van der Waals surface area contributed by atoms with Crippen molar-refractivity contribution in [1.82, 2.24) is 0 Å². The summed E-state index contributed by atoms with van der Waals surface area (Å²) in [5, 5.41) is 10.1. The Morgan fingerprint density at radius 1 is 1.90 bits per heavy atom. The summed E-state index contributed by atoms with van der Waals surface area (Å²) < 4.78 is 0. The number of halogens is 1. The van der Waals surface area contributed by atoms with Crippen LogP contribution in [0.2, 0.25) is 0 Å². The minimum Gasteiger partial charge on any atom is -0.362 e. The van der Waals surface area contributed by atoms with Crippen LogP contribution in [0, 0.1) is 10.1 Å². The van der Waals surface area contributed by atoms with E-state index in [0.717, 1.165) is 0 Å². The van der Waals surface area contributed by atoms with E-state index in [4.69, 9.17) is 11.6 Å². The van der Waals surface area contributed by atoms with Crippen LogP contribution in [0.3, 0.4) is 0 Å². The van der Waals surface area contributed by atoms with Crippen molar-refractivity contribution in [2.24, 2.45) is 5.73 Å². The van der Waals surface area contributed by atoms with Gasteiger partial charge in [-0.05, 0) is 11.6 Å². The van der Waals surface area contributed by atoms with Crippen molar-refractivity contribution in [3.05, 3.63) is 10.1 Å². The summed E-state index contributed by atoms with van der Waals surface area (Å²) in [7, 11) is 0. The van der Waals surface area contributed by atoms with E-state index >= 15 is 0 Å². The van der Waals surface area contributed by atoms with E-state index in [1.54, 1.807) is 0 Å². The van der Waals surface area contributed by atoms with Gasteiger partial charge in [-0.15, -0.1) is 0 Å². The number of hydrogen-bond donors (Lipinski definition) is 1. The topological polar surface area (TPSA) is 86.2 Å². The van der Waals surface area contributed by atoms with Gasteiger partial charge in [0, 0.05) is 6.42 Å². The van der Waals surface area contributed by atoms with Gasteiger partial charge in [-0.2, -0.15) is 0 Å². The Morgan fingerprint density at radius 3 is 2.30 bits per heavy atom. The Labute approximate surface area is 62.3 Å². The molecule has 0 fully saturated rings. The molecule has 0 aliphatic heterocycles. The molecular weight excluding hydrogens is 160 g/mol. The predicted octanol–water partition coefficient (Wildman–Crippen LogP) is 0.0935. The second kappa shape index (κ2) is 2.83. The van der Waals surface area contributed by atoms with E-state index in [1.165, 1.54) is 6.92 Å². The van der Waals surface area contributed by atoms with E-state index < -0.39 is 15.8 Å². The molecule has 2 N–H and O–H groups in total. The molecule has 0 rings (SSSR count). The number of rotatable bonds is 3. The first kappa shape index (κ1) is 9.16. The normalized spacial score (nSPS) is 15.8. The van der Waals surface area contributed by atoms with E-state index in [1.807, 2.05) is 0 Å². The first-order valence-electron chi connectivity index (χ1n) is 2.58. The highest BCUT2D eigenvalue weighted by Crippen LogP contribution is 2.18. The molecule has 0 saturated carbocycles. The summed E-state index contributed by atoms with van der Waals surface area (Å²) in [6.45, 7) is 1.42. The number of nitrogens with zero attached hydrogens (tertiary/aromatic N) is 1. The second-order valence-electron chi connectivity index (χ2n) is 1.73. The quantitative estimate of drug-likeness (QED) is 0.279. The number of nitro groups is 1. The summed E-state index contributed by atoms with van der Waals surface area (Å²) in [6, 6.07) is 0. The van der Waals surface area contributed by atoms with Crippen molar-refractivity contribution < 1.29 is 9.72 Å². The van der Waals surface area contributed by atoms with Crippen LogP contribution in [-0.4, -0.2) is 15.8 Å². The van der Waals surface area contributed by atoms with Gasteiger partial charge in [-0.25, -0.2) is 0 Å². The number of carbonyl (C=O) groups excluding carboxylic acids is 1. The molecule has 0 aliphatic carbocycles. The van der Waals surface area contributed by atoms with E-state index in [2.05, 4.69) is 5.73 Å². The molecule has 0 heterocycles. The van der Waals surface area contributed by atoms with Gasteiger partial charge in [0.15, 0.2) is 0 Å². The van der Waals surface area contributed by atoms with Crippen LogP contribution in [0.15, 0.2) is 0 Å². The monoisotopic (exact) mass is 166 g/mol. The zero-order chi connectivity index (χ0) is 8.36. The molecule has 0 bridgehead atoms. The summed E-state index contributed by atoms with van der Waals surface area (Å²) >= 11 is 5.22. The molecule has 5 nitrogen and oxygen atoms in total. The second-order valence-corrected chi connectivity index (χ2v) is 2.36. The van der Waals surface area contributed by atoms with Crippen molar-refractivity contribution in [2.45, 2.75) is 18.3 Å². The Morgan fingerprint density at radius 2 is 2.30 bits per heavy atom. The van der Waals surface area contributed by atoms with Gasteiger partial charge < -0.3 is 5.73 Å². The lowest BCUT2D eigenvalue weighted by molar-refractivity contribution is -0.525. The Kier molecular flexibility index (Phi) is 2.59. The van der Waals surface area contributed by atoms with Crippen molar-refractivity contribution in [1.29, 1.82) is 0 Å². The fourth-order valence-corrected chi connectivity index (χ4v) is 0.393. The third-order valence-electron chi connectivity index (χ3n) is 1.14. The fourth-order valence-electron chi connectivity index (χ4n) is 0.393. The summed E-state index contributed by atoms with van der Waals surface area (Å²) in [4.78, 5) is 17.4. The third-order valence-corrected chi connectivity index (χ3v) is 1.73. The van der Waals surface area contributed by atoms with Gasteiger partial charge in [0.05, 0.1) is 4.92 Å². The van der Waals surface area contributed by atoms with E-state index in [9.17, 15) is 14.9 Å². The lowest BCUT2D eigenvalue weighted by Gasteiger charge is -2.10. The van der Waals surface area contributed by atoms with Gasteiger partial charge in [-0.3, -0.25) is 14.9 Å². The SMILES string of the molecule is CCC(Cl)(C(N)=O)[N+](=O)[O-]. The van der Waals surface area contributed by atoms with Crippen molar-refractivity contribution in [3.8, 4) is 0 Å². The van der Waals surface area contributed by atoms with Crippen LogP contribution in [0.4, 0.5) is 0 Å². The molecule has 1 unspecified atom stereocenters. The van der Waals surface area contributed by atoms with Crippen LogP contribution < -0.4 is 5.73 Å². The van der Waals surface area contributed by atoms with Gasteiger partial charge in [0.1, 0.15) is 0 Å². The van der Waals surface area contributed by atoms with E-state index in [0.29, 0.717) is 0 Å². The summed E-state index contributed by atoms with van der Waals surface area (Å²) in [5.41, 5.74) is 4.67. The average molecular weight is 167 g/mol. The number of primary amides is 1. The Balaban J connectivity index is 4.55. The number of alkyl halides is 1. The zero-order valence-electron chi connectivity index (χ0n) is 5.33. The molecule has 0 saturated heterocycles. The van der Waals surface area contributed by atoms with E-state index in [-0.39, 0.29) is 6.42 Å². The molecule has 1 amide bonds. The summed E-state index contributed by atoms with van der Waals surface area (Å²) in [6.07, 6.45) is -0.114. The standard InChI is InChI=1S/C4H7ClN2O3/c1-2-4(5,3(6)8)7(9)10/h2H2,1H3,(H2,6,8). The van der Waals surface area contributed by atoms with Crippen LogP contribution >= 0.6 is 11.6 Å². The van der Waals surface area contributed by atoms with Gasteiger partial charge in [0.2, 0.25) is 0 Å². The van der Waals surface area contributed by atoms with Crippen LogP contribution in [0.5, 0.6) is 0 Å². The molecule has 0 spiro atoms. The number of carbonyl (C=O) groups is 1. The number of hydrogen-bond acceptors (Lipinski definition) is 3. The maximum absolute atomic E-state index is 10.3.